The third-order valence-corrected chi connectivity index (χ3v) is 5.45. The van der Waals surface area contributed by atoms with Gasteiger partial charge in [-0.25, -0.2) is 9.67 Å². The van der Waals surface area contributed by atoms with Crippen molar-refractivity contribution < 1.29 is 14.3 Å². The molecule has 0 spiro atoms. The number of carbonyl (C=O) groups is 2. The van der Waals surface area contributed by atoms with Crippen molar-refractivity contribution in [1.29, 1.82) is 0 Å². The highest BCUT2D eigenvalue weighted by Gasteiger charge is 2.30. The van der Waals surface area contributed by atoms with Gasteiger partial charge in [-0.2, -0.15) is 5.10 Å². The zero-order chi connectivity index (χ0) is 23.0. The molecule has 32 heavy (non-hydrogen) atoms. The number of nitrogens with two attached hydrogens (primary N) is 1. The van der Waals surface area contributed by atoms with E-state index in [-0.39, 0.29) is 24.5 Å². The molecule has 1 aliphatic carbocycles. The van der Waals surface area contributed by atoms with E-state index >= 15 is 0 Å². The molecule has 2 amide bonds. The number of rotatable bonds is 7. The lowest BCUT2D eigenvalue weighted by Crippen LogP contribution is -2.24. The third kappa shape index (κ3) is 4.44. The molecule has 0 atom stereocenters. The molecular weight excluding hydrogens is 406 g/mol. The number of para-hydroxylation sites is 2. The van der Waals surface area contributed by atoms with Gasteiger partial charge in [0.2, 0.25) is 5.91 Å². The molecule has 1 saturated carbocycles. The van der Waals surface area contributed by atoms with Crippen LogP contribution in [-0.2, 0) is 10.3 Å². The van der Waals surface area contributed by atoms with E-state index in [1.54, 1.807) is 12.1 Å². The number of benzene rings is 1. The van der Waals surface area contributed by atoms with Crippen LogP contribution in [0.2, 0.25) is 0 Å². The molecule has 2 aromatic heterocycles. The molecule has 3 aromatic rings. The lowest BCUT2D eigenvalue weighted by Gasteiger charge is -2.20. The number of aromatic nitrogens is 3. The molecule has 2 heterocycles. The summed E-state index contributed by atoms with van der Waals surface area (Å²) in [5.41, 5.74) is 8.43. The molecule has 0 bridgehead atoms. The Bertz CT molecular complexity index is 1190. The minimum absolute atomic E-state index is 0.100. The fourth-order valence-electron chi connectivity index (χ4n) is 3.69. The summed E-state index contributed by atoms with van der Waals surface area (Å²) in [6.45, 7) is 8.27. The molecule has 0 aliphatic heterocycles. The van der Waals surface area contributed by atoms with Crippen molar-refractivity contribution in [3.63, 3.8) is 0 Å². The standard InChI is InChI=1S/C24H29N5O3/c1-14-21-16(13-18(15-9-10-15)26-22(21)29(28-14)24(2,3)4)23(31)27-17-7-5-6-8-19(17)32-12-11-20(25)30/h5-8,13,15H,9-12H2,1-4H3,(H2,25,30)(H,27,31). The van der Waals surface area contributed by atoms with Crippen LogP contribution in [0, 0.1) is 6.92 Å². The highest BCUT2D eigenvalue weighted by atomic mass is 16.5. The average Bonchev–Trinajstić information content (AvgIpc) is 3.51. The maximum absolute atomic E-state index is 13.5. The van der Waals surface area contributed by atoms with E-state index in [2.05, 4.69) is 26.1 Å². The predicted octanol–water partition coefficient (Wildman–Crippen LogP) is 3.88. The topological polar surface area (TPSA) is 112 Å². The summed E-state index contributed by atoms with van der Waals surface area (Å²) in [6.07, 6.45) is 2.26. The van der Waals surface area contributed by atoms with Crippen LogP contribution >= 0.6 is 0 Å². The second-order valence-corrected chi connectivity index (χ2v) is 9.25. The number of carbonyl (C=O) groups excluding carboxylic acids is 2. The van der Waals surface area contributed by atoms with Gasteiger partial charge in [-0.15, -0.1) is 0 Å². The number of hydrogen-bond acceptors (Lipinski definition) is 5. The maximum Gasteiger partial charge on any atom is 0.256 e. The van der Waals surface area contributed by atoms with Gasteiger partial charge in [-0.3, -0.25) is 9.59 Å². The first-order valence-corrected chi connectivity index (χ1v) is 10.9. The Kier molecular flexibility index (Phi) is 5.62. The largest absolute Gasteiger partial charge is 0.491 e. The van der Waals surface area contributed by atoms with Gasteiger partial charge in [-0.1, -0.05) is 12.1 Å². The van der Waals surface area contributed by atoms with Crippen molar-refractivity contribution in [1.82, 2.24) is 14.8 Å². The van der Waals surface area contributed by atoms with Crippen molar-refractivity contribution >= 4 is 28.5 Å². The Balaban J connectivity index is 1.72. The Morgan fingerprint density at radius 2 is 1.97 bits per heavy atom. The SMILES string of the molecule is Cc1nn(C(C)(C)C)c2nc(C3CC3)cc(C(=O)Nc3ccccc3OCCC(N)=O)c12. The van der Waals surface area contributed by atoms with E-state index in [4.69, 9.17) is 20.6 Å². The number of fused-ring (bicyclic) bond motifs is 1. The molecule has 8 nitrogen and oxygen atoms in total. The summed E-state index contributed by atoms with van der Waals surface area (Å²) in [6, 6.07) is 9.04. The van der Waals surface area contributed by atoms with Crippen LogP contribution in [0.15, 0.2) is 30.3 Å². The van der Waals surface area contributed by atoms with E-state index in [9.17, 15) is 9.59 Å². The molecular formula is C24H29N5O3. The number of nitrogens with one attached hydrogen (secondary N) is 1. The van der Waals surface area contributed by atoms with Crippen LogP contribution < -0.4 is 15.8 Å². The molecule has 1 aromatic carbocycles. The number of hydrogen-bond donors (Lipinski definition) is 2. The van der Waals surface area contributed by atoms with E-state index in [1.165, 1.54) is 0 Å². The molecule has 1 fully saturated rings. The lowest BCUT2D eigenvalue weighted by molar-refractivity contribution is -0.118. The summed E-state index contributed by atoms with van der Waals surface area (Å²) < 4.78 is 7.58. The lowest BCUT2D eigenvalue weighted by atomic mass is 10.1. The van der Waals surface area contributed by atoms with Crippen LogP contribution in [0.4, 0.5) is 5.69 Å². The van der Waals surface area contributed by atoms with Crippen LogP contribution in [0.3, 0.4) is 0 Å². The van der Waals surface area contributed by atoms with Gasteiger partial charge in [0.15, 0.2) is 5.65 Å². The first-order valence-electron chi connectivity index (χ1n) is 10.9. The van der Waals surface area contributed by atoms with Gasteiger partial charge in [0, 0.05) is 11.6 Å². The van der Waals surface area contributed by atoms with Gasteiger partial charge in [0.1, 0.15) is 5.75 Å². The quantitative estimate of drug-likeness (QED) is 0.585. The molecule has 1 aliphatic rings. The number of primary amides is 1. The van der Waals surface area contributed by atoms with Gasteiger partial charge < -0.3 is 15.8 Å². The second-order valence-electron chi connectivity index (χ2n) is 9.25. The van der Waals surface area contributed by atoms with E-state index < -0.39 is 5.91 Å². The smallest absolute Gasteiger partial charge is 0.256 e. The summed E-state index contributed by atoms with van der Waals surface area (Å²) >= 11 is 0. The predicted molar refractivity (Wildman–Crippen MR) is 123 cm³/mol. The Morgan fingerprint density at radius 1 is 1.25 bits per heavy atom. The molecule has 0 saturated heterocycles. The van der Waals surface area contributed by atoms with Crippen LogP contribution in [0.1, 0.15) is 67.7 Å². The van der Waals surface area contributed by atoms with Crippen molar-refractivity contribution in [3.8, 4) is 5.75 Å². The molecule has 168 valence electrons. The van der Waals surface area contributed by atoms with Crippen LogP contribution in [-0.4, -0.2) is 33.2 Å². The number of anilines is 1. The van der Waals surface area contributed by atoms with Gasteiger partial charge in [-0.05, 0) is 58.7 Å². The molecule has 3 N–H and O–H groups in total. The van der Waals surface area contributed by atoms with Gasteiger partial charge in [0.05, 0.1) is 40.9 Å². The van der Waals surface area contributed by atoms with Crippen molar-refractivity contribution in [2.45, 2.75) is 58.4 Å². The van der Waals surface area contributed by atoms with E-state index in [0.29, 0.717) is 22.9 Å². The Morgan fingerprint density at radius 3 is 2.62 bits per heavy atom. The normalized spacial score (nSPS) is 13.9. The number of amides is 2. The molecule has 4 rings (SSSR count). The maximum atomic E-state index is 13.5. The summed E-state index contributed by atoms with van der Waals surface area (Å²) in [5, 5.41) is 8.44. The molecule has 0 unspecified atom stereocenters. The number of aryl methyl sites for hydroxylation is 1. The summed E-state index contributed by atoms with van der Waals surface area (Å²) in [5.74, 6) is 0.183. The van der Waals surface area contributed by atoms with Gasteiger partial charge in [0.25, 0.3) is 5.91 Å². The van der Waals surface area contributed by atoms with Gasteiger partial charge >= 0.3 is 0 Å². The fraction of sp³-hybridized carbons (Fsp3) is 0.417. The first kappa shape index (κ1) is 21.8. The minimum Gasteiger partial charge on any atom is -0.491 e. The zero-order valence-corrected chi connectivity index (χ0v) is 18.9. The third-order valence-electron chi connectivity index (χ3n) is 5.45. The minimum atomic E-state index is -0.440. The summed E-state index contributed by atoms with van der Waals surface area (Å²) in [7, 11) is 0. The number of nitrogens with zero attached hydrogens (tertiary/aromatic N) is 3. The monoisotopic (exact) mass is 435 g/mol. The van der Waals surface area contributed by atoms with E-state index in [0.717, 1.165) is 35.3 Å². The van der Waals surface area contributed by atoms with E-state index in [1.807, 2.05) is 29.8 Å². The van der Waals surface area contributed by atoms with Crippen molar-refractivity contribution in [3.05, 3.63) is 47.3 Å². The Hall–Kier alpha value is -3.42. The average molecular weight is 436 g/mol. The fourth-order valence-corrected chi connectivity index (χ4v) is 3.69. The summed E-state index contributed by atoms with van der Waals surface area (Å²) in [4.78, 5) is 29.4. The Labute approximate surface area is 187 Å². The number of pyridine rings is 1. The number of ether oxygens (including phenoxy) is 1. The van der Waals surface area contributed by atoms with Crippen LogP contribution in [0.5, 0.6) is 5.75 Å². The highest BCUT2D eigenvalue weighted by Crippen LogP contribution is 2.41. The van der Waals surface area contributed by atoms with Crippen molar-refractivity contribution in [2.75, 3.05) is 11.9 Å². The molecule has 0 radical (unpaired) electrons. The van der Waals surface area contributed by atoms with Crippen LogP contribution in [0.25, 0.3) is 11.0 Å². The highest BCUT2D eigenvalue weighted by molar-refractivity contribution is 6.13. The van der Waals surface area contributed by atoms with Crippen molar-refractivity contribution in [2.24, 2.45) is 5.73 Å². The zero-order valence-electron chi connectivity index (χ0n) is 18.9. The first-order chi connectivity index (χ1) is 15.1. The second kappa shape index (κ2) is 8.26. The molecule has 8 heteroatoms.